The van der Waals surface area contributed by atoms with Crippen LogP contribution in [0.5, 0.6) is 0 Å². The molecule has 2 aromatic heterocycles. The number of furan rings is 1. The fourth-order valence-electron chi connectivity index (χ4n) is 2.09. The molecular weight excluding hydrogens is 302 g/mol. The molecule has 23 heavy (non-hydrogen) atoms. The third-order valence-electron chi connectivity index (χ3n) is 3.26. The summed E-state index contributed by atoms with van der Waals surface area (Å²) in [5, 5.41) is 14.5. The highest BCUT2D eigenvalue weighted by Crippen LogP contribution is 2.18. The van der Waals surface area contributed by atoms with Crippen LogP contribution < -0.4 is 10.3 Å². The summed E-state index contributed by atoms with van der Waals surface area (Å²) in [6.45, 7) is 2.99. The van der Waals surface area contributed by atoms with Crippen LogP contribution in [0.1, 0.15) is 5.76 Å². The molecule has 1 fully saturated rings. The summed E-state index contributed by atoms with van der Waals surface area (Å²) in [6.07, 6.45) is 2.69. The normalized spacial score (nSPS) is 15.0. The number of hydrogen-bond donors (Lipinski definition) is 1. The van der Waals surface area contributed by atoms with Gasteiger partial charge in [-0.3, -0.25) is 15.5 Å². The summed E-state index contributed by atoms with van der Waals surface area (Å²) >= 11 is 0. The highest BCUT2D eigenvalue weighted by atomic mass is 16.6. The van der Waals surface area contributed by atoms with Gasteiger partial charge in [0.25, 0.3) is 5.69 Å². The Labute approximate surface area is 131 Å². The van der Waals surface area contributed by atoms with Gasteiger partial charge in [-0.15, -0.1) is 0 Å². The third-order valence-corrected chi connectivity index (χ3v) is 3.26. The van der Waals surface area contributed by atoms with Gasteiger partial charge in [-0.05, 0) is 12.1 Å². The molecule has 1 aliphatic rings. The summed E-state index contributed by atoms with van der Waals surface area (Å²) < 4.78 is 11.0. The van der Waals surface area contributed by atoms with Crippen LogP contribution in [0.3, 0.4) is 0 Å². The van der Waals surface area contributed by atoms with E-state index in [9.17, 15) is 10.1 Å². The zero-order chi connectivity index (χ0) is 16.1. The first-order chi connectivity index (χ1) is 11.2. The lowest BCUT2D eigenvalue weighted by Crippen LogP contribution is -2.35. The van der Waals surface area contributed by atoms with Gasteiger partial charge in [0.05, 0.1) is 24.4 Å². The molecule has 0 bridgehead atoms. The molecule has 9 heteroatoms. The highest BCUT2D eigenvalue weighted by Gasteiger charge is 2.14. The second-order valence-corrected chi connectivity index (χ2v) is 4.80. The van der Waals surface area contributed by atoms with Gasteiger partial charge in [-0.25, -0.2) is 4.98 Å². The SMILES string of the molecule is O=[N+]([O-])c1ccc(N/N=C\c2ccc(N3CCOCC3)o2)nc1. The number of hydrazone groups is 1. The zero-order valence-corrected chi connectivity index (χ0v) is 12.2. The maximum absolute atomic E-state index is 10.5. The summed E-state index contributed by atoms with van der Waals surface area (Å²) in [7, 11) is 0. The molecule has 0 radical (unpaired) electrons. The molecule has 1 aliphatic heterocycles. The number of nitro groups is 1. The van der Waals surface area contributed by atoms with Gasteiger partial charge in [0, 0.05) is 25.2 Å². The fraction of sp³-hybridized carbons (Fsp3) is 0.286. The van der Waals surface area contributed by atoms with Gasteiger partial charge < -0.3 is 14.1 Å². The molecular formula is C14H15N5O4. The molecule has 0 unspecified atom stereocenters. The summed E-state index contributed by atoms with van der Waals surface area (Å²) in [6, 6.07) is 6.54. The summed E-state index contributed by atoms with van der Waals surface area (Å²) in [5.74, 6) is 1.79. The van der Waals surface area contributed by atoms with Crippen molar-refractivity contribution in [3.05, 3.63) is 46.3 Å². The number of aromatic nitrogens is 1. The van der Waals surface area contributed by atoms with E-state index in [0.29, 0.717) is 24.8 Å². The first-order valence-electron chi connectivity index (χ1n) is 7.04. The van der Waals surface area contributed by atoms with Crippen molar-refractivity contribution in [2.24, 2.45) is 5.10 Å². The molecule has 0 amide bonds. The predicted octanol–water partition coefficient (Wildman–Crippen LogP) is 1.87. The van der Waals surface area contributed by atoms with E-state index in [2.05, 4.69) is 20.4 Å². The van der Waals surface area contributed by atoms with Crippen LogP contribution in [-0.4, -0.2) is 42.4 Å². The molecule has 2 aromatic rings. The molecule has 1 N–H and O–H groups in total. The van der Waals surface area contributed by atoms with Crippen LogP contribution in [0.2, 0.25) is 0 Å². The van der Waals surface area contributed by atoms with Gasteiger partial charge in [0.1, 0.15) is 17.8 Å². The van der Waals surface area contributed by atoms with Gasteiger partial charge in [0.2, 0.25) is 0 Å². The lowest BCUT2D eigenvalue weighted by molar-refractivity contribution is -0.385. The van der Waals surface area contributed by atoms with Crippen molar-refractivity contribution >= 4 is 23.6 Å². The molecule has 0 atom stereocenters. The maximum Gasteiger partial charge on any atom is 0.287 e. The first-order valence-corrected chi connectivity index (χ1v) is 7.04. The molecule has 0 spiro atoms. The number of hydrogen-bond acceptors (Lipinski definition) is 8. The number of anilines is 2. The minimum Gasteiger partial charge on any atom is -0.440 e. The zero-order valence-electron chi connectivity index (χ0n) is 12.2. The van der Waals surface area contributed by atoms with E-state index in [1.807, 2.05) is 12.1 Å². The molecule has 120 valence electrons. The van der Waals surface area contributed by atoms with E-state index in [-0.39, 0.29) is 5.69 Å². The quantitative estimate of drug-likeness (QED) is 0.509. The lowest BCUT2D eigenvalue weighted by atomic mass is 10.4. The van der Waals surface area contributed by atoms with Gasteiger partial charge in [-0.2, -0.15) is 5.10 Å². The Bertz CT molecular complexity index is 691. The third kappa shape index (κ3) is 3.83. The number of morpholine rings is 1. The molecule has 9 nitrogen and oxygen atoms in total. The Morgan fingerprint density at radius 2 is 2.13 bits per heavy atom. The van der Waals surface area contributed by atoms with Crippen LogP contribution in [0.25, 0.3) is 0 Å². The highest BCUT2D eigenvalue weighted by molar-refractivity contribution is 5.77. The van der Waals surface area contributed by atoms with E-state index in [0.717, 1.165) is 19.0 Å². The minimum absolute atomic E-state index is 0.0688. The van der Waals surface area contributed by atoms with Crippen LogP contribution in [0.15, 0.2) is 40.0 Å². The van der Waals surface area contributed by atoms with Crippen LogP contribution in [0.4, 0.5) is 17.4 Å². The Morgan fingerprint density at radius 3 is 2.83 bits per heavy atom. The Kier molecular flexibility index (Phi) is 4.48. The van der Waals surface area contributed by atoms with Gasteiger partial charge >= 0.3 is 0 Å². The second kappa shape index (κ2) is 6.88. The van der Waals surface area contributed by atoms with E-state index < -0.39 is 4.92 Å². The molecule has 0 saturated carbocycles. The number of ether oxygens (including phenoxy) is 1. The lowest BCUT2D eigenvalue weighted by Gasteiger charge is -2.26. The molecule has 3 rings (SSSR count). The number of pyridine rings is 1. The smallest absolute Gasteiger partial charge is 0.287 e. The Hall–Kier alpha value is -2.94. The van der Waals surface area contributed by atoms with Gasteiger partial charge in [0.15, 0.2) is 5.88 Å². The van der Waals surface area contributed by atoms with E-state index in [1.165, 1.54) is 24.5 Å². The summed E-state index contributed by atoms with van der Waals surface area (Å²) in [5.41, 5.74) is 2.62. The molecule has 0 aromatic carbocycles. The largest absolute Gasteiger partial charge is 0.440 e. The molecule has 3 heterocycles. The Balaban J connectivity index is 1.57. The first kappa shape index (κ1) is 15.0. The number of nitrogens with zero attached hydrogens (tertiary/aromatic N) is 4. The minimum atomic E-state index is -0.504. The average molecular weight is 317 g/mol. The Morgan fingerprint density at radius 1 is 1.30 bits per heavy atom. The number of rotatable bonds is 5. The van der Waals surface area contributed by atoms with Crippen molar-refractivity contribution in [3.63, 3.8) is 0 Å². The van der Waals surface area contributed by atoms with Crippen molar-refractivity contribution in [2.75, 3.05) is 36.6 Å². The van der Waals surface area contributed by atoms with E-state index in [4.69, 9.17) is 9.15 Å². The van der Waals surface area contributed by atoms with Crippen molar-refractivity contribution in [1.82, 2.24) is 4.98 Å². The van der Waals surface area contributed by atoms with Crippen molar-refractivity contribution in [1.29, 1.82) is 0 Å². The van der Waals surface area contributed by atoms with Gasteiger partial charge in [-0.1, -0.05) is 0 Å². The van der Waals surface area contributed by atoms with Crippen LogP contribution in [-0.2, 0) is 4.74 Å². The number of nitrogens with one attached hydrogen (secondary N) is 1. The predicted molar refractivity (Wildman–Crippen MR) is 83.8 cm³/mol. The molecule has 0 aliphatic carbocycles. The van der Waals surface area contributed by atoms with Crippen molar-refractivity contribution in [3.8, 4) is 0 Å². The monoisotopic (exact) mass is 317 g/mol. The maximum atomic E-state index is 10.5. The van der Waals surface area contributed by atoms with Crippen LogP contribution >= 0.6 is 0 Å². The summed E-state index contributed by atoms with van der Waals surface area (Å²) in [4.78, 5) is 16.0. The van der Waals surface area contributed by atoms with E-state index >= 15 is 0 Å². The second-order valence-electron chi connectivity index (χ2n) is 4.80. The molecule has 1 saturated heterocycles. The average Bonchev–Trinajstić information content (AvgIpc) is 3.05. The van der Waals surface area contributed by atoms with Crippen LogP contribution in [0, 0.1) is 10.1 Å². The topological polar surface area (TPSA) is 106 Å². The standard InChI is InChI=1S/C14H15N5O4/c20-19(21)11-1-3-13(15-9-11)17-16-10-12-2-4-14(23-12)18-5-7-22-8-6-18/h1-4,9-10H,5-8H2,(H,15,17)/b16-10-. The van der Waals surface area contributed by atoms with E-state index in [1.54, 1.807) is 0 Å². The van der Waals surface area contributed by atoms with Crippen molar-refractivity contribution < 1.29 is 14.1 Å². The van der Waals surface area contributed by atoms with Crippen molar-refractivity contribution in [2.45, 2.75) is 0 Å². The fourth-order valence-corrected chi connectivity index (χ4v) is 2.09.